The van der Waals surface area contributed by atoms with Crippen molar-refractivity contribution in [2.24, 2.45) is 5.92 Å². The van der Waals surface area contributed by atoms with Crippen molar-refractivity contribution < 1.29 is 9.59 Å². The van der Waals surface area contributed by atoms with Gasteiger partial charge in [0.1, 0.15) is 0 Å². The number of amides is 2. The molecule has 1 unspecified atom stereocenters. The lowest BCUT2D eigenvalue weighted by molar-refractivity contribution is -0.137. The van der Waals surface area contributed by atoms with E-state index in [-0.39, 0.29) is 17.7 Å². The van der Waals surface area contributed by atoms with Crippen LogP contribution in [0.3, 0.4) is 0 Å². The van der Waals surface area contributed by atoms with Crippen molar-refractivity contribution in [1.82, 2.24) is 9.80 Å². The summed E-state index contributed by atoms with van der Waals surface area (Å²) < 4.78 is 0. The summed E-state index contributed by atoms with van der Waals surface area (Å²) in [7, 11) is 0. The van der Waals surface area contributed by atoms with Crippen molar-refractivity contribution in [3.05, 3.63) is 35.4 Å². The molecule has 1 atom stereocenters. The van der Waals surface area contributed by atoms with E-state index in [0.29, 0.717) is 26.2 Å². The number of aryl methyl sites for hydroxylation is 1. The average molecular weight is 288 g/mol. The van der Waals surface area contributed by atoms with Crippen molar-refractivity contribution >= 4 is 12.3 Å². The first-order valence-electron chi connectivity index (χ1n) is 7.57. The van der Waals surface area contributed by atoms with E-state index in [1.807, 2.05) is 4.90 Å². The first-order chi connectivity index (χ1) is 10.0. The molecule has 2 amide bonds. The van der Waals surface area contributed by atoms with E-state index >= 15 is 0 Å². The van der Waals surface area contributed by atoms with Gasteiger partial charge < -0.3 is 9.80 Å². The normalized spacial score (nSPS) is 17.0. The molecule has 1 saturated heterocycles. The Hall–Kier alpha value is -1.84. The van der Waals surface area contributed by atoms with Crippen molar-refractivity contribution in [3.8, 4) is 0 Å². The molecule has 1 aliphatic heterocycles. The molecule has 114 valence electrons. The minimum Gasteiger partial charge on any atom is -0.342 e. The summed E-state index contributed by atoms with van der Waals surface area (Å²) in [6.45, 7) is 8.75. The van der Waals surface area contributed by atoms with Crippen LogP contribution < -0.4 is 0 Å². The summed E-state index contributed by atoms with van der Waals surface area (Å²) in [5.74, 6) is 0.331. The number of rotatable bonds is 4. The maximum Gasteiger partial charge on any atom is 0.230 e. The summed E-state index contributed by atoms with van der Waals surface area (Å²) >= 11 is 0. The molecule has 21 heavy (non-hydrogen) atoms. The third-order valence-electron chi connectivity index (χ3n) is 4.14. The van der Waals surface area contributed by atoms with Gasteiger partial charge in [-0.25, -0.2) is 0 Å². The van der Waals surface area contributed by atoms with Crippen LogP contribution in [0.2, 0.25) is 0 Å². The second-order valence-electron chi connectivity index (χ2n) is 6.10. The number of benzene rings is 1. The fraction of sp³-hybridized carbons (Fsp3) is 0.529. The molecule has 1 aromatic rings. The molecule has 4 heteroatoms. The van der Waals surface area contributed by atoms with E-state index in [0.717, 1.165) is 12.0 Å². The van der Waals surface area contributed by atoms with Gasteiger partial charge in [-0.1, -0.05) is 43.7 Å². The van der Waals surface area contributed by atoms with Crippen molar-refractivity contribution in [1.29, 1.82) is 0 Å². The van der Waals surface area contributed by atoms with E-state index in [4.69, 9.17) is 0 Å². The Kier molecular flexibility index (Phi) is 4.99. The zero-order valence-electron chi connectivity index (χ0n) is 13.1. The number of hydrogen-bond donors (Lipinski definition) is 0. The quantitative estimate of drug-likeness (QED) is 0.796. The fourth-order valence-corrected chi connectivity index (χ4v) is 2.83. The number of nitrogens with zero attached hydrogens (tertiary/aromatic N) is 2. The molecule has 1 aromatic carbocycles. The molecule has 1 aliphatic rings. The zero-order valence-corrected chi connectivity index (χ0v) is 13.1. The molecule has 0 N–H and O–H groups in total. The number of hydrogen-bond acceptors (Lipinski definition) is 2. The van der Waals surface area contributed by atoms with Crippen molar-refractivity contribution in [2.75, 3.05) is 26.2 Å². The standard InChI is InChI=1S/C17H24N2O2/c1-13(2)16(15-6-4-14(3)5-7-15)17(21)19-10-8-18(12-20)9-11-19/h4-7,12-13,16H,8-11H2,1-3H3. The molecule has 0 bridgehead atoms. The number of piperazine rings is 1. The molecule has 0 aromatic heterocycles. The Morgan fingerprint density at radius 1 is 1.10 bits per heavy atom. The lowest BCUT2D eigenvalue weighted by atomic mass is 9.86. The molecular weight excluding hydrogens is 264 g/mol. The molecule has 0 aliphatic carbocycles. The molecule has 1 heterocycles. The fourth-order valence-electron chi connectivity index (χ4n) is 2.83. The van der Waals surface area contributed by atoms with Crippen LogP contribution in [-0.4, -0.2) is 48.3 Å². The summed E-state index contributed by atoms with van der Waals surface area (Å²) in [4.78, 5) is 27.2. The third-order valence-corrected chi connectivity index (χ3v) is 4.14. The third kappa shape index (κ3) is 3.63. The van der Waals surface area contributed by atoms with Gasteiger partial charge in [0.25, 0.3) is 0 Å². The second-order valence-corrected chi connectivity index (χ2v) is 6.10. The van der Waals surface area contributed by atoms with Crippen LogP contribution in [-0.2, 0) is 9.59 Å². The van der Waals surface area contributed by atoms with E-state index < -0.39 is 0 Å². The highest BCUT2D eigenvalue weighted by atomic mass is 16.2. The van der Waals surface area contributed by atoms with Crippen LogP contribution in [0.4, 0.5) is 0 Å². The van der Waals surface area contributed by atoms with Crippen LogP contribution in [0.5, 0.6) is 0 Å². The van der Waals surface area contributed by atoms with Gasteiger partial charge in [0.15, 0.2) is 0 Å². The Morgan fingerprint density at radius 3 is 2.14 bits per heavy atom. The molecular formula is C17H24N2O2. The highest BCUT2D eigenvalue weighted by Crippen LogP contribution is 2.27. The van der Waals surface area contributed by atoms with Gasteiger partial charge in [-0.2, -0.15) is 0 Å². The second kappa shape index (κ2) is 6.74. The number of carbonyl (C=O) groups excluding carboxylic acids is 2. The van der Waals surface area contributed by atoms with Crippen LogP contribution in [0, 0.1) is 12.8 Å². The van der Waals surface area contributed by atoms with Gasteiger partial charge in [-0.15, -0.1) is 0 Å². The van der Waals surface area contributed by atoms with Gasteiger partial charge >= 0.3 is 0 Å². The maximum atomic E-state index is 12.8. The molecule has 2 rings (SSSR count). The van der Waals surface area contributed by atoms with Crippen LogP contribution in [0.25, 0.3) is 0 Å². The van der Waals surface area contributed by atoms with Crippen LogP contribution in [0.15, 0.2) is 24.3 Å². The summed E-state index contributed by atoms with van der Waals surface area (Å²) in [6, 6.07) is 8.23. The van der Waals surface area contributed by atoms with Gasteiger partial charge in [-0.3, -0.25) is 9.59 Å². The maximum absolute atomic E-state index is 12.8. The van der Waals surface area contributed by atoms with E-state index in [1.165, 1.54) is 5.56 Å². The van der Waals surface area contributed by atoms with Gasteiger partial charge in [0.2, 0.25) is 12.3 Å². The molecule has 4 nitrogen and oxygen atoms in total. The zero-order chi connectivity index (χ0) is 15.4. The molecule has 0 spiro atoms. The lowest BCUT2D eigenvalue weighted by Crippen LogP contribution is -2.50. The largest absolute Gasteiger partial charge is 0.342 e. The molecule has 1 fully saturated rings. The summed E-state index contributed by atoms with van der Waals surface area (Å²) in [5.41, 5.74) is 2.28. The minimum atomic E-state index is -0.103. The Labute approximate surface area is 126 Å². The van der Waals surface area contributed by atoms with E-state index in [9.17, 15) is 9.59 Å². The monoisotopic (exact) mass is 288 g/mol. The summed E-state index contributed by atoms with van der Waals surface area (Å²) in [5, 5.41) is 0. The van der Waals surface area contributed by atoms with Crippen molar-refractivity contribution in [3.63, 3.8) is 0 Å². The molecule has 0 saturated carbocycles. The Bertz CT molecular complexity index is 488. The van der Waals surface area contributed by atoms with Crippen LogP contribution in [0.1, 0.15) is 30.9 Å². The first-order valence-corrected chi connectivity index (χ1v) is 7.57. The topological polar surface area (TPSA) is 40.6 Å². The van der Waals surface area contributed by atoms with Gasteiger partial charge in [0, 0.05) is 26.2 Å². The SMILES string of the molecule is Cc1ccc(C(C(=O)N2CCN(C=O)CC2)C(C)C)cc1. The lowest BCUT2D eigenvalue weighted by Gasteiger charge is -2.35. The average Bonchev–Trinajstić information content (AvgIpc) is 2.49. The smallest absolute Gasteiger partial charge is 0.230 e. The predicted molar refractivity (Wildman–Crippen MR) is 83.0 cm³/mol. The van der Waals surface area contributed by atoms with Gasteiger partial charge in [0.05, 0.1) is 5.92 Å². The highest BCUT2D eigenvalue weighted by Gasteiger charge is 2.30. The molecule has 0 radical (unpaired) electrons. The summed E-state index contributed by atoms with van der Waals surface area (Å²) in [6.07, 6.45) is 0.863. The van der Waals surface area contributed by atoms with Crippen LogP contribution >= 0.6 is 0 Å². The van der Waals surface area contributed by atoms with Crippen molar-refractivity contribution in [2.45, 2.75) is 26.7 Å². The number of carbonyl (C=O) groups is 2. The van der Waals surface area contributed by atoms with E-state index in [1.54, 1.807) is 4.90 Å². The van der Waals surface area contributed by atoms with E-state index in [2.05, 4.69) is 45.0 Å². The van der Waals surface area contributed by atoms with Gasteiger partial charge in [-0.05, 0) is 18.4 Å². The Balaban J connectivity index is 2.13. The Morgan fingerprint density at radius 2 is 1.67 bits per heavy atom. The first kappa shape index (κ1) is 15.5. The predicted octanol–water partition coefficient (Wildman–Crippen LogP) is 2.04. The minimum absolute atomic E-state index is 0.103. The highest BCUT2D eigenvalue weighted by molar-refractivity contribution is 5.84.